The van der Waals surface area contributed by atoms with Crippen molar-refractivity contribution >= 4 is 35.0 Å². The monoisotopic (exact) mass is 504 g/mol. The van der Waals surface area contributed by atoms with Crippen LogP contribution in [-0.2, 0) is 11.2 Å². The molecule has 0 atom stereocenters. The summed E-state index contributed by atoms with van der Waals surface area (Å²) in [7, 11) is 0. The molecule has 1 amide bonds. The third-order valence-corrected chi connectivity index (χ3v) is 5.67. The van der Waals surface area contributed by atoms with Gasteiger partial charge in [0.05, 0.1) is 11.4 Å². The first-order chi connectivity index (χ1) is 16.3. The number of hydrogen-bond acceptors (Lipinski definition) is 6. The van der Waals surface area contributed by atoms with Crippen LogP contribution in [0.15, 0.2) is 63.3 Å². The fourth-order valence-electron chi connectivity index (χ4n) is 3.05. The lowest BCUT2D eigenvalue weighted by atomic mass is 10.2. The zero-order valence-electron chi connectivity index (χ0n) is 17.1. The average Bonchev–Trinajstić information content (AvgIpc) is 3.16. The first kappa shape index (κ1) is 23.4. The summed E-state index contributed by atoms with van der Waals surface area (Å²) in [5, 5.41) is 11.5. The molecule has 34 heavy (non-hydrogen) atoms. The number of benzene rings is 2. The summed E-state index contributed by atoms with van der Waals surface area (Å²) in [5.41, 5.74) is -0.415. The molecule has 13 heteroatoms. The molecular weight excluding hydrogens is 490 g/mol. The van der Waals surface area contributed by atoms with E-state index in [4.69, 9.17) is 11.6 Å². The Bertz CT molecular complexity index is 1440. The third-order valence-electron chi connectivity index (χ3n) is 4.49. The Morgan fingerprint density at radius 1 is 1.06 bits per heavy atom. The number of nitrogens with one attached hydrogen (secondary N) is 3. The molecule has 0 unspecified atom stereocenters. The molecule has 0 spiro atoms. The molecular formula is C21H15ClF2N6O3S. The Kier molecular flexibility index (Phi) is 6.89. The maximum Gasteiger partial charge on any atom is 0.325 e. The van der Waals surface area contributed by atoms with Gasteiger partial charge in [-0.3, -0.25) is 19.1 Å². The number of halogens is 3. The summed E-state index contributed by atoms with van der Waals surface area (Å²) in [6, 6.07) is 10.8. The number of aromatic amines is 2. The van der Waals surface area contributed by atoms with E-state index >= 15 is 0 Å². The van der Waals surface area contributed by atoms with Crippen molar-refractivity contribution in [1.29, 1.82) is 0 Å². The number of thioether (sulfide) groups is 1. The highest BCUT2D eigenvalue weighted by Crippen LogP contribution is 2.25. The molecule has 174 valence electrons. The van der Waals surface area contributed by atoms with Crippen molar-refractivity contribution in [3.05, 3.63) is 97.5 Å². The van der Waals surface area contributed by atoms with E-state index in [1.165, 1.54) is 6.07 Å². The SMILES string of the molecule is O=C(CSc1nnc(Cc2cc(=O)[nH]c(=O)[nH]2)n1-c1ccc(Cl)cc1)Nc1ccc(F)cc1F. The van der Waals surface area contributed by atoms with Crippen LogP contribution in [0.4, 0.5) is 14.5 Å². The predicted octanol–water partition coefficient (Wildman–Crippen LogP) is 2.90. The average molecular weight is 505 g/mol. The van der Waals surface area contributed by atoms with Gasteiger partial charge in [0.2, 0.25) is 5.91 Å². The second kappa shape index (κ2) is 10.0. The molecule has 0 fully saturated rings. The fourth-order valence-corrected chi connectivity index (χ4v) is 3.95. The lowest BCUT2D eigenvalue weighted by Crippen LogP contribution is -2.23. The highest BCUT2D eigenvalue weighted by atomic mass is 35.5. The van der Waals surface area contributed by atoms with Crippen molar-refractivity contribution in [2.75, 3.05) is 11.1 Å². The van der Waals surface area contributed by atoms with E-state index in [9.17, 15) is 23.2 Å². The Morgan fingerprint density at radius 3 is 2.53 bits per heavy atom. The van der Waals surface area contributed by atoms with Crippen LogP contribution in [0.5, 0.6) is 0 Å². The Labute approximate surface area is 199 Å². The Hall–Kier alpha value is -3.77. The second-order valence-corrected chi connectivity index (χ2v) is 8.34. The number of hydrogen-bond donors (Lipinski definition) is 3. The molecule has 2 aromatic heterocycles. The van der Waals surface area contributed by atoms with Gasteiger partial charge in [0, 0.05) is 35.0 Å². The van der Waals surface area contributed by atoms with E-state index in [2.05, 4.69) is 25.5 Å². The topological polar surface area (TPSA) is 126 Å². The summed E-state index contributed by atoms with van der Waals surface area (Å²) in [6.45, 7) is 0. The van der Waals surface area contributed by atoms with Gasteiger partial charge >= 0.3 is 5.69 Å². The van der Waals surface area contributed by atoms with E-state index in [1.54, 1.807) is 28.8 Å². The smallest absolute Gasteiger partial charge is 0.323 e. The Morgan fingerprint density at radius 2 is 1.82 bits per heavy atom. The zero-order valence-corrected chi connectivity index (χ0v) is 18.7. The van der Waals surface area contributed by atoms with Crippen LogP contribution < -0.4 is 16.6 Å². The van der Waals surface area contributed by atoms with Gasteiger partial charge in [0.1, 0.15) is 17.5 Å². The van der Waals surface area contributed by atoms with Crippen LogP contribution in [0.1, 0.15) is 11.5 Å². The van der Waals surface area contributed by atoms with E-state index in [1.807, 2.05) is 0 Å². The summed E-state index contributed by atoms with van der Waals surface area (Å²) in [5.74, 6) is -1.95. The molecule has 2 aromatic carbocycles. The lowest BCUT2D eigenvalue weighted by Gasteiger charge is -2.11. The number of H-pyrrole nitrogens is 2. The number of amides is 1. The molecule has 0 saturated heterocycles. The van der Waals surface area contributed by atoms with Crippen molar-refractivity contribution in [1.82, 2.24) is 24.7 Å². The molecule has 3 N–H and O–H groups in total. The first-order valence-electron chi connectivity index (χ1n) is 9.69. The van der Waals surface area contributed by atoms with E-state index < -0.39 is 28.8 Å². The maximum absolute atomic E-state index is 13.8. The van der Waals surface area contributed by atoms with Crippen LogP contribution in [0.2, 0.25) is 5.02 Å². The quantitative estimate of drug-likeness (QED) is 0.332. The van der Waals surface area contributed by atoms with Crippen molar-refractivity contribution in [3.8, 4) is 5.69 Å². The minimum Gasteiger partial charge on any atom is -0.323 e. The number of anilines is 1. The molecule has 0 aliphatic heterocycles. The van der Waals surface area contributed by atoms with Gasteiger partial charge in [0.15, 0.2) is 5.16 Å². The normalized spacial score (nSPS) is 10.9. The number of aromatic nitrogens is 5. The van der Waals surface area contributed by atoms with Gasteiger partial charge in [-0.25, -0.2) is 13.6 Å². The predicted molar refractivity (Wildman–Crippen MR) is 123 cm³/mol. The minimum absolute atomic E-state index is 0.0718. The number of carbonyl (C=O) groups is 1. The van der Waals surface area contributed by atoms with Gasteiger partial charge in [0.25, 0.3) is 5.56 Å². The Balaban J connectivity index is 1.59. The van der Waals surface area contributed by atoms with E-state index in [0.29, 0.717) is 33.5 Å². The fraction of sp³-hybridized carbons (Fsp3) is 0.0952. The first-order valence-corrected chi connectivity index (χ1v) is 11.1. The van der Waals surface area contributed by atoms with Gasteiger partial charge in [-0.1, -0.05) is 23.4 Å². The second-order valence-electron chi connectivity index (χ2n) is 6.96. The van der Waals surface area contributed by atoms with E-state index in [-0.39, 0.29) is 17.9 Å². The highest BCUT2D eigenvalue weighted by molar-refractivity contribution is 7.99. The van der Waals surface area contributed by atoms with Crippen molar-refractivity contribution in [2.24, 2.45) is 0 Å². The summed E-state index contributed by atoms with van der Waals surface area (Å²) >= 11 is 7.02. The van der Waals surface area contributed by atoms with Crippen LogP contribution in [-0.4, -0.2) is 36.4 Å². The van der Waals surface area contributed by atoms with Gasteiger partial charge in [-0.05, 0) is 36.4 Å². The van der Waals surface area contributed by atoms with Crippen LogP contribution in [0.3, 0.4) is 0 Å². The molecule has 0 bridgehead atoms. The lowest BCUT2D eigenvalue weighted by molar-refractivity contribution is -0.113. The highest BCUT2D eigenvalue weighted by Gasteiger charge is 2.18. The molecule has 0 saturated carbocycles. The number of carbonyl (C=O) groups excluding carboxylic acids is 1. The summed E-state index contributed by atoms with van der Waals surface area (Å²) < 4.78 is 28.5. The van der Waals surface area contributed by atoms with E-state index in [0.717, 1.165) is 23.9 Å². The van der Waals surface area contributed by atoms with Gasteiger partial charge in [-0.2, -0.15) is 0 Å². The number of rotatable bonds is 7. The maximum atomic E-state index is 13.8. The molecule has 4 aromatic rings. The molecule has 2 heterocycles. The standard InChI is InChI=1S/C21H15ClF2N6O3S/c22-11-1-4-14(5-2-11)30-17(8-13-9-18(31)27-20(33)25-13)28-29-21(30)34-10-19(32)26-16-6-3-12(23)7-15(16)24/h1-7,9H,8,10H2,(H,26,32)(H2,25,27,31,33). The molecule has 4 rings (SSSR count). The summed E-state index contributed by atoms with van der Waals surface area (Å²) in [6.07, 6.45) is 0.0718. The largest absolute Gasteiger partial charge is 0.325 e. The van der Waals surface area contributed by atoms with Gasteiger partial charge in [-0.15, -0.1) is 10.2 Å². The molecule has 0 radical (unpaired) electrons. The van der Waals surface area contributed by atoms with Crippen LogP contribution in [0, 0.1) is 11.6 Å². The third kappa shape index (κ3) is 5.58. The summed E-state index contributed by atoms with van der Waals surface area (Å²) in [4.78, 5) is 40.2. The molecule has 0 aliphatic carbocycles. The molecule has 0 aliphatic rings. The van der Waals surface area contributed by atoms with Gasteiger partial charge < -0.3 is 10.3 Å². The number of nitrogens with zero attached hydrogens (tertiary/aromatic N) is 3. The minimum atomic E-state index is -0.892. The van der Waals surface area contributed by atoms with Crippen LogP contribution in [0.25, 0.3) is 5.69 Å². The molecule has 9 nitrogen and oxygen atoms in total. The van der Waals surface area contributed by atoms with Crippen LogP contribution >= 0.6 is 23.4 Å². The van der Waals surface area contributed by atoms with Crippen molar-refractivity contribution < 1.29 is 13.6 Å². The zero-order chi connectivity index (χ0) is 24.2. The van der Waals surface area contributed by atoms with Crippen molar-refractivity contribution in [2.45, 2.75) is 11.6 Å². The van der Waals surface area contributed by atoms with Crippen molar-refractivity contribution in [3.63, 3.8) is 0 Å².